The third kappa shape index (κ3) is 5.65. The maximum absolute atomic E-state index is 13.1. The van der Waals surface area contributed by atoms with Crippen molar-refractivity contribution < 1.29 is 52.4 Å². The van der Waals surface area contributed by atoms with Crippen molar-refractivity contribution in [1.82, 2.24) is 0 Å². The predicted octanol–water partition coefficient (Wildman–Crippen LogP) is 2.14. The Morgan fingerprint density at radius 2 is 1.64 bits per heavy atom. The number of carbonyl (C=O) groups is 1. The summed E-state index contributed by atoms with van der Waals surface area (Å²) in [5, 5.41) is 24.5. The Morgan fingerprint density at radius 1 is 0.879 bits per heavy atom. The Kier molecular flexibility index (Phi) is 7.62. The molecule has 0 fully saturated rings. The molecule has 0 saturated heterocycles. The van der Waals surface area contributed by atoms with Gasteiger partial charge in [0.05, 0.1) is 11.4 Å². The minimum Gasteiger partial charge on any atom is -0.871 e. The van der Waals surface area contributed by atoms with Gasteiger partial charge in [-0.05, 0) is 53.2 Å². The smallest absolute Gasteiger partial charge is 0.871 e. The van der Waals surface area contributed by atoms with Crippen LogP contribution in [0.15, 0.2) is 94.0 Å². The maximum Gasteiger partial charge on any atom is 1.00 e. The third-order valence-electron chi connectivity index (χ3n) is 4.65. The first-order valence-corrected chi connectivity index (χ1v) is 10.8. The summed E-state index contributed by atoms with van der Waals surface area (Å²) >= 11 is 0. The quantitative estimate of drug-likeness (QED) is 0.193. The van der Waals surface area contributed by atoms with Crippen LogP contribution in [0.5, 0.6) is 5.75 Å². The second kappa shape index (κ2) is 10.2. The minimum atomic E-state index is -4.75. The molecule has 0 amide bonds. The molecule has 0 aliphatic heterocycles. The number of para-hydroxylation sites is 1. The maximum atomic E-state index is 13.1. The number of nitrogens with zero attached hydrogens (tertiary/aromatic N) is 2. The van der Waals surface area contributed by atoms with E-state index in [9.17, 15) is 22.9 Å². The van der Waals surface area contributed by atoms with E-state index in [-0.39, 0.29) is 40.6 Å². The summed E-state index contributed by atoms with van der Waals surface area (Å²) in [5.41, 5.74) is 1.49. The molecule has 10 heteroatoms. The Balaban J connectivity index is 0.00000306. The minimum absolute atomic E-state index is 0. The second-order valence-corrected chi connectivity index (χ2v) is 8.26. The van der Waals surface area contributed by atoms with E-state index in [1.807, 2.05) is 30.3 Å². The Labute approximate surface area is 212 Å². The summed E-state index contributed by atoms with van der Waals surface area (Å²) < 4.78 is 33.5. The van der Waals surface area contributed by atoms with Crippen LogP contribution in [0.3, 0.4) is 0 Å². The van der Waals surface area contributed by atoms with Crippen molar-refractivity contribution in [1.29, 1.82) is 0 Å². The van der Waals surface area contributed by atoms with Gasteiger partial charge in [-0.2, -0.15) is 13.5 Å². The van der Waals surface area contributed by atoms with E-state index in [4.69, 9.17) is 0 Å². The van der Waals surface area contributed by atoms with Gasteiger partial charge in [-0.25, -0.2) is 0 Å². The number of azo groups is 1. The molecule has 0 heterocycles. The van der Waals surface area contributed by atoms with Crippen LogP contribution >= 0.6 is 0 Å². The number of hydrogen-bond donors (Lipinski definition) is 2. The molecule has 4 aromatic rings. The molecule has 8 nitrogen and oxygen atoms in total. The first kappa shape index (κ1) is 24.6. The van der Waals surface area contributed by atoms with Gasteiger partial charge in [0.25, 0.3) is 10.1 Å². The van der Waals surface area contributed by atoms with Crippen molar-refractivity contribution in [3.05, 3.63) is 84.4 Å². The van der Waals surface area contributed by atoms with Crippen LogP contribution in [0.25, 0.3) is 10.8 Å². The van der Waals surface area contributed by atoms with Gasteiger partial charge in [0.1, 0.15) is 11.2 Å². The van der Waals surface area contributed by atoms with E-state index in [2.05, 4.69) is 15.5 Å². The number of fused-ring (bicyclic) bond motifs is 1. The van der Waals surface area contributed by atoms with Gasteiger partial charge in [-0.1, -0.05) is 42.1 Å². The number of rotatable bonds is 6. The molecule has 0 saturated carbocycles. The molecule has 0 spiro atoms. The van der Waals surface area contributed by atoms with E-state index in [0.717, 1.165) is 5.69 Å². The van der Waals surface area contributed by atoms with E-state index in [0.29, 0.717) is 22.9 Å². The number of carbonyl (C=O) groups excluding carboxylic acids is 1. The number of nitrogens with one attached hydrogen (secondary N) is 1. The second-order valence-electron chi connectivity index (χ2n) is 6.87. The molecule has 0 atom stereocenters. The molecule has 160 valence electrons. The largest absolute Gasteiger partial charge is 1.00 e. The van der Waals surface area contributed by atoms with Crippen molar-refractivity contribution in [2.75, 3.05) is 5.32 Å². The fraction of sp³-hybridized carbons (Fsp3) is 0. The first-order valence-electron chi connectivity index (χ1n) is 9.39. The molecule has 0 bridgehead atoms. The molecule has 0 unspecified atom stereocenters. The van der Waals surface area contributed by atoms with Crippen molar-refractivity contribution in [2.24, 2.45) is 10.2 Å². The van der Waals surface area contributed by atoms with E-state index in [1.54, 1.807) is 30.3 Å². The standard InChI is InChI=1S/C23H17N3O5S.Na/c27-14-15-5-4-8-19(11-15)25-26-22-21(32(29,30)31)12-16-9-10-18(13-20(16)23(22)28)24-17-6-2-1-3-7-17;/h1-14,24,28H,(H,29,30,31);/q;+1/p-1. The van der Waals surface area contributed by atoms with Crippen LogP contribution in [0.4, 0.5) is 22.7 Å². The van der Waals surface area contributed by atoms with Gasteiger partial charge in [0.2, 0.25) is 0 Å². The van der Waals surface area contributed by atoms with Gasteiger partial charge in [-0.3, -0.25) is 9.35 Å². The van der Waals surface area contributed by atoms with Crippen molar-refractivity contribution in [3.63, 3.8) is 0 Å². The topological polar surface area (TPSA) is 131 Å². The monoisotopic (exact) mass is 469 g/mol. The van der Waals surface area contributed by atoms with Crippen molar-refractivity contribution >= 4 is 49.9 Å². The average Bonchev–Trinajstić information content (AvgIpc) is 2.79. The SMILES string of the molecule is O=Cc1cccc(N=Nc2c(S(=O)(=O)O)cc3ccc(Nc4ccccc4)cc3c2[O-])c1.[Na+]. The molecular weight excluding hydrogens is 453 g/mol. The van der Waals surface area contributed by atoms with Crippen LogP contribution < -0.4 is 40.0 Å². The summed E-state index contributed by atoms with van der Waals surface area (Å²) in [5.74, 6) is -0.706. The molecule has 33 heavy (non-hydrogen) atoms. The normalized spacial score (nSPS) is 11.3. The average molecular weight is 469 g/mol. The van der Waals surface area contributed by atoms with E-state index < -0.39 is 26.5 Å². The number of aldehydes is 1. The molecule has 0 aliphatic carbocycles. The zero-order valence-electron chi connectivity index (χ0n) is 17.5. The van der Waals surface area contributed by atoms with Gasteiger partial charge in [0, 0.05) is 16.9 Å². The van der Waals surface area contributed by atoms with Gasteiger partial charge in [-0.15, -0.1) is 5.11 Å². The zero-order valence-corrected chi connectivity index (χ0v) is 20.3. The fourth-order valence-corrected chi connectivity index (χ4v) is 3.81. The van der Waals surface area contributed by atoms with Crippen LogP contribution in [0, 0.1) is 0 Å². The zero-order chi connectivity index (χ0) is 22.7. The summed E-state index contributed by atoms with van der Waals surface area (Å²) in [6.07, 6.45) is 0.624. The summed E-state index contributed by atoms with van der Waals surface area (Å²) in [4.78, 5) is 10.3. The van der Waals surface area contributed by atoms with Crippen LogP contribution in [-0.4, -0.2) is 19.3 Å². The Morgan fingerprint density at radius 3 is 2.33 bits per heavy atom. The van der Waals surface area contributed by atoms with E-state index >= 15 is 0 Å². The Hall–Kier alpha value is -3.08. The first-order chi connectivity index (χ1) is 15.3. The molecule has 4 rings (SSSR count). The molecule has 0 aromatic heterocycles. The van der Waals surface area contributed by atoms with Crippen LogP contribution in [0.2, 0.25) is 0 Å². The van der Waals surface area contributed by atoms with Crippen LogP contribution in [0.1, 0.15) is 10.4 Å². The van der Waals surface area contributed by atoms with Crippen molar-refractivity contribution in [2.45, 2.75) is 4.90 Å². The third-order valence-corrected chi connectivity index (χ3v) is 5.51. The fourth-order valence-electron chi connectivity index (χ4n) is 3.15. The Bertz CT molecular complexity index is 1460. The van der Waals surface area contributed by atoms with E-state index in [1.165, 1.54) is 18.2 Å². The van der Waals surface area contributed by atoms with Gasteiger partial charge in [0.15, 0.2) is 0 Å². The van der Waals surface area contributed by atoms with Gasteiger partial charge < -0.3 is 10.4 Å². The number of benzene rings is 4. The molecule has 0 radical (unpaired) electrons. The molecule has 0 aliphatic rings. The molecule has 4 aromatic carbocycles. The summed E-state index contributed by atoms with van der Waals surface area (Å²) in [6.45, 7) is 0. The summed E-state index contributed by atoms with van der Waals surface area (Å²) in [7, 11) is -4.75. The van der Waals surface area contributed by atoms with Gasteiger partial charge >= 0.3 is 29.6 Å². The molecule has 2 N–H and O–H groups in total. The number of hydrogen-bond acceptors (Lipinski definition) is 7. The predicted molar refractivity (Wildman–Crippen MR) is 119 cm³/mol. The van der Waals surface area contributed by atoms with Crippen LogP contribution in [-0.2, 0) is 10.1 Å². The molecular formula is C23H16N3NaO5S. The number of anilines is 2. The van der Waals surface area contributed by atoms with Crippen molar-refractivity contribution in [3.8, 4) is 5.75 Å². The summed E-state index contributed by atoms with van der Waals surface area (Å²) in [6, 6.07) is 21.4.